The van der Waals surface area contributed by atoms with E-state index >= 15 is 0 Å². The van der Waals surface area contributed by atoms with Crippen LogP contribution in [0.1, 0.15) is 46.0 Å². The number of alkyl halides is 5. The maximum atomic E-state index is 13.0. The molecule has 0 aromatic heterocycles. The van der Waals surface area contributed by atoms with E-state index in [1.807, 2.05) is 36.4 Å². The number of nitrogens with one attached hydrogen (secondary N) is 2. The van der Waals surface area contributed by atoms with Gasteiger partial charge in [-0.05, 0) is 81.0 Å². The molecule has 0 radical (unpaired) electrons. The lowest BCUT2D eigenvalue weighted by Crippen LogP contribution is -2.36. The number of thioether (sulfide) groups is 1. The molecule has 2 aromatic carbocycles. The molecule has 0 spiro atoms. The zero-order valence-electron chi connectivity index (χ0n) is 18.0. The SMILES string of the molecule is CCSC[C@H](C)NC(=O)c1c(I)cccc1C(=O)Nc1ccc(C(C(F)F)C(F)(F)F)cc1Br. The summed E-state index contributed by atoms with van der Waals surface area (Å²) in [6, 6.07) is 7.48. The molecule has 0 saturated carbocycles. The molecule has 2 N–H and O–H groups in total. The van der Waals surface area contributed by atoms with Gasteiger partial charge in [0, 0.05) is 19.8 Å². The number of carbonyl (C=O) groups is 2. The van der Waals surface area contributed by atoms with Crippen molar-refractivity contribution in [3.05, 3.63) is 61.1 Å². The van der Waals surface area contributed by atoms with Crippen molar-refractivity contribution < 1.29 is 31.5 Å². The Labute approximate surface area is 220 Å². The first kappa shape index (κ1) is 28.8. The second-order valence-electron chi connectivity index (χ2n) is 7.24. The second-order valence-corrected chi connectivity index (χ2v) is 10.6. The van der Waals surface area contributed by atoms with Crippen molar-refractivity contribution in [1.29, 1.82) is 0 Å². The highest BCUT2D eigenvalue weighted by atomic mass is 127. The van der Waals surface area contributed by atoms with Gasteiger partial charge in [0.1, 0.15) is 5.92 Å². The number of anilines is 1. The predicted octanol–water partition coefficient (Wildman–Crippen LogP) is 7.09. The lowest BCUT2D eigenvalue weighted by atomic mass is 9.98. The van der Waals surface area contributed by atoms with E-state index in [4.69, 9.17) is 0 Å². The largest absolute Gasteiger partial charge is 0.401 e. The zero-order chi connectivity index (χ0) is 25.6. The smallest absolute Gasteiger partial charge is 0.349 e. The van der Waals surface area contributed by atoms with Crippen LogP contribution in [0.2, 0.25) is 0 Å². The molecule has 0 saturated heterocycles. The molecule has 4 nitrogen and oxygen atoms in total. The average molecular weight is 679 g/mol. The predicted molar refractivity (Wildman–Crippen MR) is 136 cm³/mol. The van der Waals surface area contributed by atoms with Crippen LogP contribution in [-0.2, 0) is 0 Å². The summed E-state index contributed by atoms with van der Waals surface area (Å²) in [7, 11) is 0. The van der Waals surface area contributed by atoms with Crippen molar-refractivity contribution in [2.24, 2.45) is 0 Å². The van der Waals surface area contributed by atoms with Crippen LogP contribution in [0.15, 0.2) is 40.9 Å². The molecule has 34 heavy (non-hydrogen) atoms. The van der Waals surface area contributed by atoms with Gasteiger partial charge in [0.2, 0.25) is 0 Å². The molecule has 2 aromatic rings. The third kappa shape index (κ3) is 7.54. The van der Waals surface area contributed by atoms with E-state index in [1.54, 1.807) is 23.9 Å². The number of hydrogen-bond acceptors (Lipinski definition) is 3. The Balaban J connectivity index is 2.30. The van der Waals surface area contributed by atoms with Gasteiger partial charge in [-0.3, -0.25) is 9.59 Å². The zero-order valence-corrected chi connectivity index (χ0v) is 22.5. The summed E-state index contributed by atoms with van der Waals surface area (Å²) in [4.78, 5) is 25.8. The maximum absolute atomic E-state index is 13.0. The molecular formula is C22H21BrF5IN2O2S. The summed E-state index contributed by atoms with van der Waals surface area (Å²) in [6.07, 6.45) is -8.77. The fraction of sp³-hybridized carbons (Fsp3) is 0.364. The average Bonchev–Trinajstić information content (AvgIpc) is 2.72. The summed E-state index contributed by atoms with van der Waals surface area (Å²) in [5.41, 5.74) is -0.337. The van der Waals surface area contributed by atoms with Gasteiger partial charge in [-0.15, -0.1) is 0 Å². The number of benzene rings is 2. The Hall–Kier alpha value is -1.41. The van der Waals surface area contributed by atoms with Crippen molar-refractivity contribution in [2.75, 3.05) is 16.8 Å². The van der Waals surface area contributed by atoms with E-state index in [9.17, 15) is 31.5 Å². The van der Waals surface area contributed by atoms with Gasteiger partial charge in [-0.25, -0.2) is 8.78 Å². The fourth-order valence-corrected chi connectivity index (χ4v) is 4.98. The second kappa shape index (κ2) is 12.5. The molecule has 2 atom stereocenters. The Morgan fingerprint density at radius 2 is 1.82 bits per heavy atom. The van der Waals surface area contributed by atoms with Gasteiger partial charge in [0.05, 0.1) is 16.8 Å². The van der Waals surface area contributed by atoms with Crippen molar-refractivity contribution >= 4 is 67.8 Å². The minimum Gasteiger partial charge on any atom is -0.349 e. The summed E-state index contributed by atoms with van der Waals surface area (Å²) in [6.45, 7) is 3.85. The molecule has 2 rings (SSSR count). The summed E-state index contributed by atoms with van der Waals surface area (Å²) < 4.78 is 65.7. The van der Waals surface area contributed by atoms with E-state index in [0.717, 1.165) is 24.0 Å². The minimum absolute atomic E-state index is 0.00454. The van der Waals surface area contributed by atoms with E-state index < -0.39 is 35.9 Å². The standard InChI is InChI=1S/C22H21BrF5IN2O2S/c1-3-34-10-11(2)30-21(33)17-13(5-4-6-15(17)29)20(32)31-16-8-7-12(9-14(16)23)18(19(24)25)22(26,27)28/h4-9,11,18-19H,3,10H2,1-2H3,(H,30,33)(H,31,32)/t11-,18?/m0/s1. The molecule has 0 bridgehead atoms. The minimum atomic E-state index is -5.13. The number of rotatable bonds is 9. The Bertz CT molecular complexity index is 1040. The van der Waals surface area contributed by atoms with Crippen LogP contribution in [0, 0.1) is 3.57 Å². The summed E-state index contributed by atoms with van der Waals surface area (Å²) in [5.74, 6) is -2.46. The van der Waals surface area contributed by atoms with Crippen LogP contribution in [0.4, 0.5) is 27.6 Å². The number of hydrogen-bond donors (Lipinski definition) is 2. The number of carbonyl (C=O) groups excluding carboxylic acids is 2. The molecule has 12 heteroatoms. The molecule has 0 fully saturated rings. The van der Waals surface area contributed by atoms with Crippen LogP contribution in [0.25, 0.3) is 0 Å². The maximum Gasteiger partial charge on any atom is 0.401 e. The molecule has 186 valence electrons. The highest BCUT2D eigenvalue weighted by molar-refractivity contribution is 14.1. The first-order valence-corrected chi connectivity index (χ1v) is 13.0. The van der Waals surface area contributed by atoms with Gasteiger partial charge < -0.3 is 10.6 Å². The van der Waals surface area contributed by atoms with Crippen molar-refractivity contribution in [2.45, 2.75) is 38.4 Å². The first-order chi connectivity index (χ1) is 15.9. The van der Waals surface area contributed by atoms with E-state index in [2.05, 4.69) is 26.6 Å². The Morgan fingerprint density at radius 3 is 2.38 bits per heavy atom. The van der Waals surface area contributed by atoms with Crippen molar-refractivity contribution in [3.63, 3.8) is 0 Å². The van der Waals surface area contributed by atoms with Crippen LogP contribution in [-0.4, -0.2) is 42.0 Å². The van der Waals surface area contributed by atoms with Crippen LogP contribution in [0.5, 0.6) is 0 Å². The van der Waals surface area contributed by atoms with Gasteiger partial charge in [0.25, 0.3) is 18.2 Å². The normalized spacial score (nSPS) is 13.5. The van der Waals surface area contributed by atoms with Gasteiger partial charge in [0.15, 0.2) is 0 Å². The highest BCUT2D eigenvalue weighted by Gasteiger charge is 2.47. The molecule has 0 aliphatic heterocycles. The van der Waals surface area contributed by atoms with E-state index in [1.165, 1.54) is 6.07 Å². The Kier molecular flexibility index (Phi) is 10.6. The van der Waals surface area contributed by atoms with Crippen molar-refractivity contribution in [3.8, 4) is 0 Å². The van der Waals surface area contributed by atoms with Crippen LogP contribution >= 0.6 is 50.3 Å². The van der Waals surface area contributed by atoms with Crippen LogP contribution < -0.4 is 10.6 Å². The van der Waals surface area contributed by atoms with Crippen LogP contribution in [0.3, 0.4) is 0 Å². The number of halogens is 7. The molecule has 0 aliphatic rings. The van der Waals surface area contributed by atoms with Gasteiger partial charge >= 0.3 is 6.18 Å². The van der Waals surface area contributed by atoms with Crippen molar-refractivity contribution in [1.82, 2.24) is 5.32 Å². The summed E-state index contributed by atoms with van der Waals surface area (Å²) in [5, 5.41) is 5.38. The summed E-state index contributed by atoms with van der Waals surface area (Å²) >= 11 is 6.64. The molecule has 0 heterocycles. The fourth-order valence-electron chi connectivity index (χ4n) is 3.07. The molecular weight excluding hydrogens is 658 g/mol. The van der Waals surface area contributed by atoms with E-state index in [-0.39, 0.29) is 27.3 Å². The number of amides is 2. The molecule has 2 amide bonds. The molecule has 1 unspecified atom stereocenters. The van der Waals surface area contributed by atoms with Gasteiger partial charge in [-0.2, -0.15) is 24.9 Å². The quantitative estimate of drug-likeness (QED) is 0.220. The van der Waals surface area contributed by atoms with E-state index in [0.29, 0.717) is 9.32 Å². The third-order valence-electron chi connectivity index (χ3n) is 4.64. The third-order valence-corrected chi connectivity index (χ3v) is 7.34. The highest BCUT2D eigenvalue weighted by Crippen LogP contribution is 2.41. The Morgan fingerprint density at radius 1 is 1.15 bits per heavy atom. The lowest BCUT2D eigenvalue weighted by molar-refractivity contribution is -0.178. The topological polar surface area (TPSA) is 58.2 Å². The lowest BCUT2D eigenvalue weighted by Gasteiger charge is -2.21. The molecule has 0 aliphatic carbocycles. The van der Waals surface area contributed by atoms with Gasteiger partial charge in [-0.1, -0.05) is 19.1 Å². The first-order valence-electron chi connectivity index (χ1n) is 9.99. The monoisotopic (exact) mass is 678 g/mol.